The molecule has 1 heterocycles. The van der Waals surface area contributed by atoms with Gasteiger partial charge in [0.05, 0.1) is 0 Å². The summed E-state index contributed by atoms with van der Waals surface area (Å²) in [4.78, 5) is 21.3. The van der Waals surface area contributed by atoms with Gasteiger partial charge in [-0.25, -0.2) is 10.5 Å². The Bertz CT molecular complexity index is 574. The number of benzene rings is 1. The van der Waals surface area contributed by atoms with E-state index in [-0.39, 0.29) is 12.0 Å². The number of hydroxylamine groups is 1. The first kappa shape index (κ1) is 15.8. The highest BCUT2D eigenvalue weighted by Crippen LogP contribution is 2.18. The number of ether oxygens (including phenoxy) is 1. The topological polar surface area (TPSA) is 60.5 Å². The number of amides is 1. The Morgan fingerprint density at radius 2 is 2.05 bits per heavy atom. The molecule has 0 spiro atoms. The molecule has 0 bridgehead atoms. The van der Waals surface area contributed by atoms with Gasteiger partial charge in [0.15, 0.2) is 6.10 Å². The van der Waals surface area contributed by atoms with Crippen molar-refractivity contribution in [1.29, 1.82) is 0 Å². The van der Waals surface area contributed by atoms with Crippen LogP contribution in [0, 0.1) is 0 Å². The first-order valence-corrected chi connectivity index (χ1v) is 7.59. The summed E-state index contributed by atoms with van der Waals surface area (Å²) in [6, 6.07) is 6.79. The summed E-state index contributed by atoms with van der Waals surface area (Å²) in [6.45, 7) is 3.45. The fraction of sp³-hybridized carbons (Fsp3) is 0.286. The van der Waals surface area contributed by atoms with Gasteiger partial charge in [-0.3, -0.25) is 9.63 Å². The van der Waals surface area contributed by atoms with E-state index in [9.17, 15) is 4.79 Å². The number of thiazole rings is 1. The largest absolute Gasteiger partial charge is 0.481 e. The summed E-state index contributed by atoms with van der Waals surface area (Å²) in [6.07, 6.45) is 0.694. The molecule has 0 radical (unpaired) electrons. The van der Waals surface area contributed by atoms with Crippen molar-refractivity contribution in [3.8, 4) is 5.75 Å². The van der Waals surface area contributed by atoms with Crippen molar-refractivity contribution in [3.63, 3.8) is 0 Å². The van der Waals surface area contributed by atoms with Gasteiger partial charge in [-0.2, -0.15) is 0 Å². The van der Waals surface area contributed by atoms with Crippen LogP contribution >= 0.6 is 22.9 Å². The minimum absolute atomic E-state index is 0.309. The second-order valence-electron chi connectivity index (χ2n) is 4.31. The highest BCUT2D eigenvalue weighted by molar-refractivity contribution is 7.09. The molecular formula is C14H15ClN2O3S. The molecule has 7 heteroatoms. The average Bonchev–Trinajstić information content (AvgIpc) is 3.01. The Balaban J connectivity index is 1.81. The van der Waals surface area contributed by atoms with E-state index in [1.807, 2.05) is 12.3 Å². The molecule has 1 aromatic heterocycles. The summed E-state index contributed by atoms with van der Waals surface area (Å²) >= 11 is 7.25. The van der Waals surface area contributed by atoms with Gasteiger partial charge in [-0.1, -0.05) is 11.6 Å². The van der Waals surface area contributed by atoms with E-state index >= 15 is 0 Å². The van der Waals surface area contributed by atoms with Gasteiger partial charge in [-0.05, 0) is 38.1 Å². The molecule has 112 valence electrons. The quantitative estimate of drug-likeness (QED) is 0.827. The molecule has 0 aliphatic carbocycles. The molecule has 21 heavy (non-hydrogen) atoms. The summed E-state index contributed by atoms with van der Waals surface area (Å²) < 4.78 is 5.49. The van der Waals surface area contributed by atoms with Crippen molar-refractivity contribution >= 4 is 28.8 Å². The van der Waals surface area contributed by atoms with E-state index < -0.39 is 6.10 Å². The Morgan fingerprint density at radius 3 is 2.67 bits per heavy atom. The highest BCUT2D eigenvalue weighted by Gasteiger charge is 2.17. The fourth-order valence-corrected chi connectivity index (χ4v) is 2.23. The maximum Gasteiger partial charge on any atom is 0.284 e. The predicted octanol–water partition coefficient (Wildman–Crippen LogP) is 3.37. The van der Waals surface area contributed by atoms with Crippen LogP contribution in [0.1, 0.15) is 25.0 Å². The zero-order chi connectivity index (χ0) is 15.2. The van der Waals surface area contributed by atoms with E-state index in [4.69, 9.17) is 21.2 Å². The Morgan fingerprint density at radius 1 is 1.33 bits per heavy atom. The van der Waals surface area contributed by atoms with Crippen LogP contribution < -0.4 is 10.2 Å². The molecule has 0 saturated carbocycles. The van der Waals surface area contributed by atoms with Gasteiger partial charge in [0.1, 0.15) is 16.9 Å². The Kier molecular flexibility index (Phi) is 5.55. The van der Waals surface area contributed by atoms with E-state index in [1.54, 1.807) is 37.4 Å². The van der Waals surface area contributed by atoms with Gasteiger partial charge in [0.2, 0.25) is 0 Å². The minimum Gasteiger partial charge on any atom is -0.481 e. The molecule has 2 atom stereocenters. The van der Waals surface area contributed by atoms with E-state index in [0.29, 0.717) is 10.8 Å². The Labute approximate surface area is 131 Å². The molecule has 0 fully saturated rings. The minimum atomic E-state index is -0.685. The number of hydrogen-bond acceptors (Lipinski definition) is 5. The van der Waals surface area contributed by atoms with Crippen molar-refractivity contribution in [2.45, 2.75) is 26.1 Å². The molecule has 0 aliphatic heterocycles. The lowest BCUT2D eigenvalue weighted by molar-refractivity contribution is -0.144. The van der Waals surface area contributed by atoms with Crippen LogP contribution in [-0.2, 0) is 9.63 Å². The molecule has 0 aliphatic rings. The number of nitrogens with zero attached hydrogens (tertiary/aromatic N) is 1. The van der Waals surface area contributed by atoms with Gasteiger partial charge >= 0.3 is 0 Å². The van der Waals surface area contributed by atoms with E-state index in [1.165, 1.54) is 11.3 Å². The van der Waals surface area contributed by atoms with Gasteiger partial charge in [0, 0.05) is 16.6 Å². The van der Waals surface area contributed by atoms with Crippen LogP contribution in [0.15, 0.2) is 35.8 Å². The standard InChI is InChI=1S/C14H15ClN2O3S/c1-9(19-12-5-3-11(15)4-6-12)13(18)17-20-10(2)14-16-7-8-21-14/h3-10H,1-2H3,(H,17,18)/t9-,10?/m0/s1. The third kappa shape index (κ3) is 4.70. The first-order chi connectivity index (χ1) is 10.1. The third-order valence-electron chi connectivity index (χ3n) is 2.63. The average molecular weight is 327 g/mol. The van der Waals surface area contributed by atoms with Crippen molar-refractivity contribution in [3.05, 3.63) is 45.9 Å². The SMILES string of the molecule is CC(ONC(=O)[C@H](C)Oc1ccc(Cl)cc1)c1nccs1. The second kappa shape index (κ2) is 7.40. The first-order valence-electron chi connectivity index (χ1n) is 6.33. The van der Waals surface area contributed by atoms with Gasteiger partial charge in [0.25, 0.3) is 5.91 Å². The van der Waals surface area contributed by atoms with Crippen molar-refractivity contribution in [2.24, 2.45) is 0 Å². The summed E-state index contributed by atoms with van der Waals surface area (Å²) in [5, 5.41) is 3.25. The number of carbonyl (C=O) groups is 1. The zero-order valence-electron chi connectivity index (χ0n) is 11.6. The molecule has 2 aromatic rings. The summed E-state index contributed by atoms with van der Waals surface area (Å²) in [7, 11) is 0. The lowest BCUT2D eigenvalue weighted by Gasteiger charge is -2.16. The zero-order valence-corrected chi connectivity index (χ0v) is 13.1. The molecule has 0 saturated heterocycles. The third-order valence-corrected chi connectivity index (χ3v) is 3.82. The molecule has 1 amide bonds. The van der Waals surface area contributed by atoms with Crippen LogP contribution in [-0.4, -0.2) is 17.0 Å². The molecule has 2 rings (SSSR count). The summed E-state index contributed by atoms with van der Waals surface area (Å²) in [5.74, 6) is 0.198. The van der Waals surface area contributed by atoms with Gasteiger partial charge in [-0.15, -0.1) is 11.3 Å². The molecule has 1 N–H and O–H groups in total. The number of nitrogens with one attached hydrogen (secondary N) is 1. The highest BCUT2D eigenvalue weighted by atomic mass is 35.5. The maximum absolute atomic E-state index is 11.9. The lowest BCUT2D eigenvalue weighted by atomic mass is 10.3. The van der Waals surface area contributed by atoms with E-state index in [0.717, 1.165) is 5.01 Å². The van der Waals surface area contributed by atoms with Crippen molar-refractivity contribution < 1.29 is 14.4 Å². The number of hydrogen-bond donors (Lipinski definition) is 1. The van der Waals surface area contributed by atoms with Crippen LogP contribution in [0.4, 0.5) is 0 Å². The monoisotopic (exact) mass is 326 g/mol. The predicted molar refractivity (Wildman–Crippen MR) is 81.3 cm³/mol. The number of rotatable bonds is 6. The number of carbonyl (C=O) groups excluding carboxylic acids is 1. The molecular weight excluding hydrogens is 312 g/mol. The molecule has 1 aromatic carbocycles. The van der Waals surface area contributed by atoms with Crippen LogP contribution in [0.5, 0.6) is 5.75 Å². The smallest absolute Gasteiger partial charge is 0.284 e. The fourth-order valence-electron chi connectivity index (χ4n) is 1.49. The molecule has 1 unspecified atom stereocenters. The molecule has 5 nitrogen and oxygen atoms in total. The van der Waals surface area contributed by atoms with Crippen molar-refractivity contribution in [2.75, 3.05) is 0 Å². The summed E-state index contributed by atoms with van der Waals surface area (Å²) in [5.41, 5.74) is 2.38. The second-order valence-corrected chi connectivity index (χ2v) is 5.67. The van der Waals surface area contributed by atoms with Crippen LogP contribution in [0.3, 0.4) is 0 Å². The normalized spacial score (nSPS) is 13.5. The van der Waals surface area contributed by atoms with Crippen LogP contribution in [0.25, 0.3) is 0 Å². The van der Waals surface area contributed by atoms with Crippen LogP contribution in [0.2, 0.25) is 5.02 Å². The Hall–Kier alpha value is -1.63. The number of halogens is 1. The number of aromatic nitrogens is 1. The van der Waals surface area contributed by atoms with Gasteiger partial charge < -0.3 is 4.74 Å². The lowest BCUT2D eigenvalue weighted by Crippen LogP contribution is -2.36. The maximum atomic E-state index is 11.9. The van der Waals surface area contributed by atoms with Crippen molar-refractivity contribution in [1.82, 2.24) is 10.5 Å². The van der Waals surface area contributed by atoms with E-state index in [2.05, 4.69) is 10.5 Å².